The number of pyridine rings is 4. The van der Waals surface area contributed by atoms with Gasteiger partial charge >= 0.3 is 6.09 Å². The first-order valence-corrected chi connectivity index (χ1v) is 22.0. The SMILES string of the molecule is Cn1c2ccncc2c2ccc(-c3ccc(F)nc3)cc21.Cn1c2ccncc2c2ccc(-c3ccc(OC4CCNCC4)nc3)cc21.O=C(OCc1ccccc1)N1CCC(O)CC1. The zero-order chi connectivity index (χ0) is 44.7. The number of aromatic nitrogens is 6. The predicted molar refractivity (Wildman–Crippen MR) is 253 cm³/mol. The summed E-state index contributed by atoms with van der Waals surface area (Å²) >= 11 is 0. The fourth-order valence-corrected chi connectivity index (χ4v) is 8.58. The van der Waals surface area contributed by atoms with Gasteiger partial charge in [0.05, 0.1) is 17.1 Å². The summed E-state index contributed by atoms with van der Waals surface area (Å²) in [5.74, 6) is 0.248. The van der Waals surface area contributed by atoms with E-state index < -0.39 is 5.95 Å². The second kappa shape index (κ2) is 19.7. The Bertz CT molecular complexity index is 3030. The number of likely N-dealkylation sites (tertiary alicyclic amines) is 1. The number of halogens is 1. The van der Waals surface area contributed by atoms with Crippen molar-refractivity contribution in [1.82, 2.24) is 39.3 Å². The van der Waals surface area contributed by atoms with E-state index in [9.17, 15) is 14.3 Å². The van der Waals surface area contributed by atoms with Gasteiger partial charge in [0.15, 0.2) is 0 Å². The summed E-state index contributed by atoms with van der Waals surface area (Å²) in [7, 11) is 4.14. The number of carbonyl (C=O) groups excluding carboxylic acids is 1. The van der Waals surface area contributed by atoms with Crippen LogP contribution in [0.1, 0.15) is 31.2 Å². The number of hydrogen-bond donors (Lipinski definition) is 2. The van der Waals surface area contributed by atoms with Crippen LogP contribution in [0.4, 0.5) is 9.18 Å². The number of aliphatic hydroxyl groups excluding tert-OH is 1. The third-order valence-electron chi connectivity index (χ3n) is 12.2. The van der Waals surface area contributed by atoms with Crippen LogP contribution in [0.15, 0.2) is 140 Å². The highest BCUT2D eigenvalue weighted by Crippen LogP contribution is 2.33. The van der Waals surface area contributed by atoms with E-state index in [-0.39, 0.29) is 18.3 Å². The number of carbonyl (C=O) groups is 1. The lowest BCUT2D eigenvalue weighted by Crippen LogP contribution is -2.40. The van der Waals surface area contributed by atoms with Crippen LogP contribution in [0.3, 0.4) is 0 Å². The number of rotatable bonds is 6. The molecule has 0 bridgehead atoms. The molecule has 2 N–H and O–H groups in total. The van der Waals surface area contributed by atoms with Crippen LogP contribution in [-0.2, 0) is 25.4 Å². The van der Waals surface area contributed by atoms with Crippen molar-refractivity contribution < 1.29 is 23.8 Å². The van der Waals surface area contributed by atoms with Gasteiger partial charge in [-0.1, -0.05) is 54.6 Å². The fraction of sp³-hybridized carbons (Fsp3) is 0.250. The molecule has 11 rings (SSSR count). The molecule has 6 aromatic heterocycles. The standard InChI is InChI=1S/C22H22N4O.C17H12FN3.C13H17NO3/c1-26-20-8-11-24-14-19(20)18-4-2-15(12-21(18)26)16-3-5-22(25-13-16)27-17-6-9-23-10-7-17;1-21-15-6-7-19-10-14(15)13-4-2-11(8-16(13)21)12-3-5-17(18)20-9-12;15-12-6-8-14(9-7-12)13(16)17-10-11-4-2-1-3-5-11/h2-5,8,11-14,17,23H,6-7,9-10H2,1H3;2-10H,1H3;1-5,12,15H,6-10H2. The molecule has 13 heteroatoms. The Morgan fingerprint density at radius 3 is 1.78 bits per heavy atom. The van der Waals surface area contributed by atoms with Crippen LogP contribution in [0.2, 0.25) is 0 Å². The second-order valence-electron chi connectivity index (χ2n) is 16.4. The molecule has 2 fully saturated rings. The Balaban J connectivity index is 0.000000127. The number of nitrogens with zero attached hydrogens (tertiary/aromatic N) is 7. The second-order valence-corrected chi connectivity index (χ2v) is 16.4. The van der Waals surface area contributed by atoms with Crippen molar-refractivity contribution >= 4 is 49.7 Å². The number of nitrogens with one attached hydrogen (secondary N) is 1. The van der Waals surface area contributed by atoms with Gasteiger partial charge in [-0.25, -0.2) is 14.8 Å². The van der Waals surface area contributed by atoms with Gasteiger partial charge in [0.25, 0.3) is 0 Å². The minimum atomic E-state index is -0.462. The molecule has 2 aliphatic heterocycles. The summed E-state index contributed by atoms with van der Waals surface area (Å²) in [5, 5.41) is 17.4. The third-order valence-corrected chi connectivity index (χ3v) is 12.2. The van der Waals surface area contributed by atoms with Gasteiger partial charge < -0.3 is 33.9 Å². The van der Waals surface area contributed by atoms with Crippen molar-refractivity contribution in [1.29, 1.82) is 0 Å². The largest absolute Gasteiger partial charge is 0.474 e. The summed E-state index contributed by atoms with van der Waals surface area (Å²) in [4.78, 5) is 30.1. The van der Waals surface area contributed by atoms with Gasteiger partial charge in [-0.2, -0.15) is 4.39 Å². The normalized spacial score (nSPS) is 14.5. The smallest absolute Gasteiger partial charge is 0.410 e. The Labute approximate surface area is 376 Å². The van der Waals surface area contributed by atoms with Crippen molar-refractivity contribution in [3.05, 3.63) is 152 Å². The topological polar surface area (TPSA) is 132 Å². The number of piperidine rings is 2. The van der Waals surface area contributed by atoms with Gasteiger partial charge in [-0.05, 0) is 97.9 Å². The molecule has 0 atom stereocenters. The molecular weight excluding hydrogens is 820 g/mol. The van der Waals surface area contributed by atoms with E-state index in [0.717, 1.165) is 70.2 Å². The molecule has 1 amide bonds. The zero-order valence-corrected chi connectivity index (χ0v) is 36.5. The van der Waals surface area contributed by atoms with E-state index in [1.807, 2.05) is 80.4 Å². The zero-order valence-electron chi connectivity index (χ0n) is 36.5. The highest BCUT2D eigenvalue weighted by Gasteiger charge is 2.22. The minimum absolute atomic E-state index is 0.269. The molecule has 2 aliphatic rings. The van der Waals surface area contributed by atoms with E-state index in [1.54, 1.807) is 23.4 Å². The molecule has 0 aliphatic carbocycles. The average Bonchev–Trinajstić information content (AvgIpc) is 3.81. The maximum Gasteiger partial charge on any atom is 0.410 e. The molecule has 0 saturated carbocycles. The highest BCUT2D eigenvalue weighted by atomic mass is 19.1. The molecule has 9 aromatic rings. The molecule has 0 unspecified atom stereocenters. The fourth-order valence-electron chi connectivity index (χ4n) is 8.58. The van der Waals surface area contributed by atoms with Crippen molar-refractivity contribution in [2.24, 2.45) is 14.1 Å². The van der Waals surface area contributed by atoms with Crippen LogP contribution < -0.4 is 10.1 Å². The monoisotopic (exact) mass is 870 g/mol. The Morgan fingerprint density at radius 1 is 0.662 bits per heavy atom. The van der Waals surface area contributed by atoms with Crippen molar-refractivity contribution in [2.45, 2.75) is 44.5 Å². The van der Waals surface area contributed by atoms with Crippen LogP contribution in [0, 0.1) is 5.95 Å². The summed E-state index contributed by atoms with van der Waals surface area (Å²) < 4.78 is 28.5. The molecule has 2 saturated heterocycles. The lowest BCUT2D eigenvalue weighted by Gasteiger charge is -2.28. The van der Waals surface area contributed by atoms with Crippen molar-refractivity contribution in [2.75, 3.05) is 26.2 Å². The minimum Gasteiger partial charge on any atom is -0.474 e. The molecule has 330 valence electrons. The lowest BCUT2D eigenvalue weighted by atomic mass is 10.1. The third kappa shape index (κ3) is 9.81. The van der Waals surface area contributed by atoms with Gasteiger partial charge in [0.1, 0.15) is 12.7 Å². The van der Waals surface area contributed by atoms with Gasteiger partial charge in [0, 0.05) is 114 Å². The summed E-state index contributed by atoms with van der Waals surface area (Å²) in [6, 6.07) is 33.6. The molecule has 3 aromatic carbocycles. The molecule has 8 heterocycles. The molecule has 65 heavy (non-hydrogen) atoms. The first-order valence-electron chi connectivity index (χ1n) is 22.0. The first kappa shape index (κ1) is 43.1. The van der Waals surface area contributed by atoms with Crippen LogP contribution in [0.5, 0.6) is 5.88 Å². The number of aryl methyl sites for hydroxylation is 2. The Kier molecular flexibility index (Phi) is 13.0. The predicted octanol–water partition coefficient (Wildman–Crippen LogP) is 9.63. The van der Waals surface area contributed by atoms with Crippen LogP contribution in [-0.4, -0.2) is 83.6 Å². The first-order chi connectivity index (χ1) is 31.8. The average molecular weight is 871 g/mol. The Hall–Kier alpha value is -7.22. The highest BCUT2D eigenvalue weighted by molar-refractivity contribution is 6.09. The van der Waals surface area contributed by atoms with E-state index in [4.69, 9.17) is 9.47 Å². The molecule has 0 radical (unpaired) electrons. The maximum atomic E-state index is 12.9. The number of benzene rings is 3. The number of amides is 1. The Morgan fingerprint density at radius 2 is 1.23 bits per heavy atom. The molecule has 12 nitrogen and oxygen atoms in total. The number of hydrogen-bond acceptors (Lipinski definition) is 9. The number of ether oxygens (including phenoxy) is 2. The number of aliphatic hydroxyl groups is 1. The molecule has 0 spiro atoms. The van der Waals surface area contributed by atoms with Crippen LogP contribution in [0.25, 0.3) is 65.9 Å². The summed E-state index contributed by atoms with van der Waals surface area (Å²) in [5.41, 5.74) is 9.83. The van der Waals surface area contributed by atoms with E-state index in [1.165, 1.54) is 33.3 Å². The van der Waals surface area contributed by atoms with Crippen molar-refractivity contribution in [3.8, 4) is 28.1 Å². The van der Waals surface area contributed by atoms with E-state index in [0.29, 0.717) is 38.4 Å². The summed E-state index contributed by atoms with van der Waals surface area (Å²) in [6.45, 7) is 3.49. The molecular formula is C52H51FN8O4. The van der Waals surface area contributed by atoms with Gasteiger partial charge in [-0.15, -0.1) is 0 Å². The number of fused-ring (bicyclic) bond motifs is 6. The summed E-state index contributed by atoms with van der Waals surface area (Å²) in [6.07, 6.45) is 14.0. The van der Waals surface area contributed by atoms with Crippen LogP contribution >= 0.6 is 0 Å². The maximum absolute atomic E-state index is 12.9. The van der Waals surface area contributed by atoms with E-state index in [2.05, 4.69) is 83.9 Å². The van der Waals surface area contributed by atoms with E-state index >= 15 is 0 Å². The van der Waals surface area contributed by atoms with Gasteiger partial charge in [0.2, 0.25) is 11.8 Å². The van der Waals surface area contributed by atoms with Crippen molar-refractivity contribution in [3.63, 3.8) is 0 Å². The quantitative estimate of drug-likeness (QED) is 0.157. The lowest BCUT2D eigenvalue weighted by molar-refractivity contribution is 0.0560. The van der Waals surface area contributed by atoms with Gasteiger partial charge in [-0.3, -0.25) is 9.97 Å².